The fourth-order valence-electron chi connectivity index (χ4n) is 1.05. The number of hydrogen-bond acceptors (Lipinski definition) is 3. The molecule has 0 fully saturated rings. The molecule has 80 valence electrons. The molecule has 0 aliphatic rings. The number of carbonyl (C=O) groups is 1. The van der Waals surface area contributed by atoms with Crippen molar-refractivity contribution in [2.45, 2.75) is 20.3 Å². The molecule has 1 amide bonds. The molecule has 0 radical (unpaired) electrons. The lowest BCUT2D eigenvalue weighted by Gasteiger charge is -2.17. The molecule has 0 aromatic carbocycles. The first-order chi connectivity index (χ1) is 6.61. The number of rotatable bonds is 6. The minimum Gasteiger partial charge on any atom is -0.381 e. The van der Waals surface area contributed by atoms with Crippen LogP contribution in [0.25, 0.3) is 0 Å². The normalized spacial score (nSPS) is 11.9. The van der Waals surface area contributed by atoms with Gasteiger partial charge in [-0.1, -0.05) is 0 Å². The van der Waals surface area contributed by atoms with Crippen molar-refractivity contribution in [3.63, 3.8) is 0 Å². The third-order valence-electron chi connectivity index (χ3n) is 1.86. The molecule has 0 aromatic heterocycles. The average molecular weight is 198 g/mol. The van der Waals surface area contributed by atoms with E-state index in [4.69, 9.17) is 10.00 Å². The minimum absolute atomic E-state index is 0.0283. The molecule has 4 nitrogen and oxygen atoms in total. The zero-order chi connectivity index (χ0) is 11.0. The molecule has 0 saturated heterocycles. The Morgan fingerprint density at radius 3 is 2.79 bits per heavy atom. The van der Waals surface area contributed by atoms with Crippen LogP contribution in [0.2, 0.25) is 0 Å². The molecule has 0 saturated carbocycles. The van der Waals surface area contributed by atoms with Gasteiger partial charge in [0.2, 0.25) is 5.91 Å². The van der Waals surface area contributed by atoms with Crippen molar-refractivity contribution < 1.29 is 9.53 Å². The average Bonchev–Trinajstić information content (AvgIpc) is 2.17. The molecular formula is C10H18N2O2. The summed E-state index contributed by atoms with van der Waals surface area (Å²) in [6.07, 6.45) is 0.391. The highest BCUT2D eigenvalue weighted by Gasteiger charge is 2.11. The first-order valence-corrected chi connectivity index (χ1v) is 4.83. The third kappa shape index (κ3) is 5.55. The molecule has 0 aromatic rings. The lowest BCUT2D eigenvalue weighted by Crippen LogP contribution is -2.31. The molecule has 0 bridgehead atoms. The molecule has 0 N–H and O–H groups in total. The largest absolute Gasteiger partial charge is 0.381 e. The van der Waals surface area contributed by atoms with Gasteiger partial charge in [0.25, 0.3) is 0 Å². The summed E-state index contributed by atoms with van der Waals surface area (Å²) < 4.78 is 5.07. The number of amides is 1. The lowest BCUT2D eigenvalue weighted by molar-refractivity contribution is -0.131. The smallest absolute Gasteiger partial charge is 0.224 e. The minimum atomic E-state index is -0.115. The number of ether oxygens (including phenoxy) is 1. The summed E-state index contributed by atoms with van der Waals surface area (Å²) in [7, 11) is 1.71. The highest BCUT2D eigenvalue weighted by atomic mass is 16.5. The first kappa shape index (κ1) is 12.9. The van der Waals surface area contributed by atoms with Crippen LogP contribution in [0, 0.1) is 17.2 Å². The lowest BCUT2D eigenvalue weighted by atomic mass is 10.2. The van der Waals surface area contributed by atoms with E-state index in [2.05, 4.69) is 6.07 Å². The number of hydrogen-bond donors (Lipinski definition) is 0. The highest BCUT2D eigenvalue weighted by molar-refractivity contribution is 5.75. The summed E-state index contributed by atoms with van der Waals surface area (Å²) in [4.78, 5) is 13.0. The van der Waals surface area contributed by atoms with Gasteiger partial charge in [0.05, 0.1) is 25.0 Å². The highest BCUT2D eigenvalue weighted by Crippen LogP contribution is 1.98. The summed E-state index contributed by atoms with van der Waals surface area (Å²) >= 11 is 0. The second kappa shape index (κ2) is 7.34. The molecule has 0 spiro atoms. The van der Waals surface area contributed by atoms with Gasteiger partial charge in [0.15, 0.2) is 0 Å². The van der Waals surface area contributed by atoms with E-state index in [9.17, 15) is 4.79 Å². The molecule has 4 heteroatoms. The summed E-state index contributed by atoms with van der Waals surface area (Å²) in [5.41, 5.74) is 0. The van der Waals surface area contributed by atoms with Crippen molar-refractivity contribution in [3.05, 3.63) is 0 Å². The van der Waals surface area contributed by atoms with Gasteiger partial charge in [-0.3, -0.25) is 4.79 Å². The Kier molecular flexibility index (Phi) is 6.77. The zero-order valence-corrected chi connectivity index (χ0v) is 9.12. The molecular weight excluding hydrogens is 180 g/mol. The maximum absolute atomic E-state index is 11.4. The van der Waals surface area contributed by atoms with E-state index in [0.29, 0.717) is 26.2 Å². The maximum Gasteiger partial charge on any atom is 0.224 e. The molecule has 0 aliphatic heterocycles. The van der Waals surface area contributed by atoms with Crippen LogP contribution in [0.5, 0.6) is 0 Å². The fourth-order valence-corrected chi connectivity index (χ4v) is 1.05. The van der Waals surface area contributed by atoms with E-state index in [1.165, 1.54) is 0 Å². The molecule has 14 heavy (non-hydrogen) atoms. The van der Waals surface area contributed by atoms with Crippen molar-refractivity contribution in [2.75, 3.05) is 26.8 Å². The second-order valence-corrected chi connectivity index (χ2v) is 3.25. The van der Waals surface area contributed by atoms with Gasteiger partial charge in [-0.05, 0) is 13.8 Å². The van der Waals surface area contributed by atoms with Crippen LogP contribution < -0.4 is 0 Å². The predicted octanol–water partition coefficient (Wildman–Crippen LogP) is 1.03. The molecule has 1 unspecified atom stereocenters. The standard InChI is InChI=1S/C10H18N2O2/c1-4-14-6-5-10(13)12(3)8-9(2)7-11/h9H,4-6,8H2,1-3H3. The van der Waals surface area contributed by atoms with E-state index in [1.807, 2.05) is 6.92 Å². The van der Waals surface area contributed by atoms with Crippen LogP contribution in [0.15, 0.2) is 0 Å². The second-order valence-electron chi connectivity index (χ2n) is 3.25. The van der Waals surface area contributed by atoms with E-state index in [0.717, 1.165) is 0 Å². The van der Waals surface area contributed by atoms with Gasteiger partial charge >= 0.3 is 0 Å². The van der Waals surface area contributed by atoms with Crippen LogP contribution in [-0.2, 0) is 9.53 Å². The molecule has 0 aliphatic carbocycles. The molecule has 0 rings (SSSR count). The van der Waals surface area contributed by atoms with Crippen molar-refractivity contribution in [1.82, 2.24) is 4.90 Å². The summed E-state index contributed by atoms with van der Waals surface area (Å²) in [5.74, 6) is -0.0865. The van der Waals surface area contributed by atoms with Crippen molar-refractivity contribution in [3.8, 4) is 6.07 Å². The Bertz CT molecular complexity index is 211. The SMILES string of the molecule is CCOCCC(=O)N(C)CC(C)C#N. The van der Waals surface area contributed by atoms with E-state index in [-0.39, 0.29) is 11.8 Å². The van der Waals surface area contributed by atoms with Crippen molar-refractivity contribution >= 4 is 5.91 Å². The number of carbonyl (C=O) groups excluding carboxylic acids is 1. The van der Waals surface area contributed by atoms with Gasteiger partial charge in [-0.25, -0.2) is 0 Å². The van der Waals surface area contributed by atoms with Gasteiger partial charge < -0.3 is 9.64 Å². The molecule has 1 atom stereocenters. The maximum atomic E-state index is 11.4. The van der Waals surface area contributed by atoms with Gasteiger partial charge in [0, 0.05) is 20.2 Å². The Hall–Kier alpha value is -1.08. The monoisotopic (exact) mass is 198 g/mol. The first-order valence-electron chi connectivity index (χ1n) is 4.83. The Labute approximate surface area is 85.5 Å². The van der Waals surface area contributed by atoms with Gasteiger partial charge in [-0.2, -0.15) is 5.26 Å². The van der Waals surface area contributed by atoms with E-state index >= 15 is 0 Å². The Morgan fingerprint density at radius 1 is 1.64 bits per heavy atom. The van der Waals surface area contributed by atoms with Crippen molar-refractivity contribution in [2.24, 2.45) is 5.92 Å². The Morgan fingerprint density at radius 2 is 2.29 bits per heavy atom. The quantitative estimate of drug-likeness (QED) is 0.599. The van der Waals surface area contributed by atoms with Gasteiger partial charge in [-0.15, -0.1) is 0 Å². The fraction of sp³-hybridized carbons (Fsp3) is 0.800. The third-order valence-corrected chi connectivity index (χ3v) is 1.86. The van der Waals surface area contributed by atoms with Crippen LogP contribution in [0.4, 0.5) is 0 Å². The zero-order valence-electron chi connectivity index (χ0n) is 9.12. The van der Waals surface area contributed by atoms with Crippen LogP contribution in [0.3, 0.4) is 0 Å². The van der Waals surface area contributed by atoms with E-state index in [1.54, 1.807) is 18.9 Å². The topological polar surface area (TPSA) is 53.3 Å². The Balaban J connectivity index is 3.71. The van der Waals surface area contributed by atoms with Crippen LogP contribution >= 0.6 is 0 Å². The predicted molar refractivity (Wildman–Crippen MR) is 53.5 cm³/mol. The summed E-state index contributed by atoms with van der Waals surface area (Å²) in [5, 5.41) is 8.57. The molecule has 0 heterocycles. The van der Waals surface area contributed by atoms with Crippen LogP contribution in [-0.4, -0.2) is 37.6 Å². The van der Waals surface area contributed by atoms with Crippen molar-refractivity contribution in [1.29, 1.82) is 5.26 Å². The number of nitrogens with zero attached hydrogens (tertiary/aromatic N) is 2. The summed E-state index contributed by atoms with van der Waals surface area (Å²) in [6, 6.07) is 2.09. The number of nitriles is 1. The van der Waals surface area contributed by atoms with Gasteiger partial charge in [0.1, 0.15) is 0 Å². The summed E-state index contributed by atoms with van der Waals surface area (Å²) in [6.45, 7) is 5.27. The van der Waals surface area contributed by atoms with E-state index < -0.39 is 0 Å². The van der Waals surface area contributed by atoms with Crippen LogP contribution in [0.1, 0.15) is 20.3 Å².